The Morgan fingerprint density at radius 3 is 0.811 bits per heavy atom. The van der Waals surface area contributed by atoms with Crippen LogP contribution in [-0.4, -0.2) is 9.13 Å². The molecule has 0 bridgehead atoms. The fraction of sp³-hybridized carbons (Fsp3) is 0. The smallest absolute Gasteiger partial charge is 0.0998 e. The second-order valence-electron chi connectivity index (χ2n) is 18.1. The van der Waals surface area contributed by atoms with Gasteiger partial charge in [0.25, 0.3) is 0 Å². The molecular weight excluding hydrogens is 905 g/mol. The zero-order valence-corrected chi connectivity index (χ0v) is 39.2. The first kappa shape index (κ1) is 44.0. The maximum absolute atomic E-state index is 11.3. The summed E-state index contributed by atoms with van der Waals surface area (Å²) in [5.74, 6) is 0. The van der Waals surface area contributed by atoms with Crippen LogP contribution < -0.4 is 0 Å². The summed E-state index contributed by atoms with van der Waals surface area (Å²) in [6.45, 7) is 0. The first-order chi connectivity index (χ1) is 36.4. The number of nitriles is 6. The summed E-state index contributed by atoms with van der Waals surface area (Å²) in [6, 6.07) is 80.7. The number of nitrogens with zero attached hydrogens (tertiary/aromatic N) is 8. The number of aromatic nitrogens is 2. The molecule has 0 radical (unpaired) electrons. The van der Waals surface area contributed by atoms with Crippen LogP contribution in [0, 0.1) is 68.0 Å². The van der Waals surface area contributed by atoms with Gasteiger partial charge in [0, 0.05) is 27.1 Å². The molecule has 12 aromatic rings. The van der Waals surface area contributed by atoms with Gasteiger partial charge in [0.2, 0.25) is 0 Å². The van der Waals surface area contributed by atoms with Crippen molar-refractivity contribution in [1.29, 1.82) is 31.6 Å². The Hall–Kier alpha value is -11.3. The number of hydrogen-bond donors (Lipinski definition) is 0. The Kier molecular flexibility index (Phi) is 10.7. The number of benzene rings is 10. The van der Waals surface area contributed by atoms with E-state index in [1.54, 1.807) is 36.4 Å². The van der Waals surface area contributed by atoms with Crippen molar-refractivity contribution < 1.29 is 0 Å². The highest BCUT2D eigenvalue weighted by Gasteiger charge is 2.24. The molecule has 0 atom stereocenters. The van der Waals surface area contributed by atoms with Gasteiger partial charge < -0.3 is 9.13 Å². The molecule has 0 N–H and O–H groups in total. The predicted molar refractivity (Wildman–Crippen MR) is 291 cm³/mol. The molecule has 338 valence electrons. The van der Waals surface area contributed by atoms with Crippen LogP contribution in [0.3, 0.4) is 0 Å². The van der Waals surface area contributed by atoms with Gasteiger partial charge >= 0.3 is 0 Å². The lowest BCUT2D eigenvalue weighted by atomic mass is 9.96. The van der Waals surface area contributed by atoms with Gasteiger partial charge in [0.15, 0.2) is 0 Å². The summed E-state index contributed by atoms with van der Waals surface area (Å²) in [7, 11) is 0. The Morgan fingerprint density at radius 1 is 0.243 bits per heavy atom. The Bertz CT molecular complexity index is 4410. The van der Waals surface area contributed by atoms with Crippen molar-refractivity contribution in [2.45, 2.75) is 0 Å². The number of rotatable bonds is 7. The molecule has 0 aliphatic rings. The Labute approximate surface area is 425 Å². The van der Waals surface area contributed by atoms with E-state index in [1.165, 1.54) is 0 Å². The van der Waals surface area contributed by atoms with Crippen molar-refractivity contribution in [1.82, 2.24) is 9.13 Å². The molecule has 0 fully saturated rings. The molecule has 0 aliphatic carbocycles. The minimum Gasteiger partial charge on any atom is -0.307 e. The minimum atomic E-state index is 0.383. The Balaban J connectivity index is 1.26. The summed E-state index contributed by atoms with van der Waals surface area (Å²) in [4.78, 5) is 0. The van der Waals surface area contributed by atoms with Gasteiger partial charge in [-0.15, -0.1) is 0 Å². The van der Waals surface area contributed by atoms with Crippen molar-refractivity contribution in [2.24, 2.45) is 0 Å². The third-order valence-corrected chi connectivity index (χ3v) is 13.9. The van der Waals surface area contributed by atoms with E-state index in [-0.39, 0.29) is 0 Å². The van der Waals surface area contributed by atoms with E-state index in [0.717, 1.165) is 93.8 Å². The van der Waals surface area contributed by atoms with Crippen LogP contribution in [0.1, 0.15) is 33.4 Å². The van der Waals surface area contributed by atoms with Crippen LogP contribution in [0.4, 0.5) is 0 Å². The zero-order chi connectivity index (χ0) is 50.5. The molecule has 0 spiro atoms. The van der Waals surface area contributed by atoms with Gasteiger partial charge in [0.1, 0.15) is 0 Å². The third kappa shape index (κ3) is 7.44. The zero-order valence-electron chi connectivity index (χ0n) is 39.2. The molecule has 2 heterocycles. The lowest BCUT2D eigenvalue weighted by Crippen LogP contribution is -2.06. The molecule has 74 heavy (non-hydrogen) atoms. The predicted octanol–water partition coefficient (Wildman–Crippen LogP) is 15.4. The minimum absolute atomic E-state index is 0.383. The molecule has 0 saturated carbocycles. The summed E-state index contributed by atoms with van der Waals surface area (Å²) in [5, 5.41) is 65.1. The average Bonchev–Trinajstić information content (AvgIpc) is 3.98. The quantitative estimate of drug-likeness (QED) is 0.155. The summed E-state index contributed by atoms with van der Waals surface area (Å²) in [6.07, 6.45) is 0. The lowest BCUT2D eigenvalue weighted by Gasteiger charge is -2.20. The molecule has 0 saturated heterocycles. The highest BCUT2D eigenvalue weighted by atomic mass is 15.1. The third-order valence-electron chi connectivity index (χ3n) is 13.9. The monoisotopic (exact) mass is 938 g/mol. The summed E-state index contributed by atoms with van der Waals surface area (Å²) < 4.78 is 4.45. The molecule has 0 amide bonds. The van der Waals surface area contributed by atoms with E-state index < -0.39 is 0 Å². The molecule has 10 aromatic carbocycles. The fourth-order valence-corrected chi connectivity index (χ4v) is 10.4. The summed E-state index contributed by atoms with van der Waals surface area (Å²) in [5.41, 5.74) is 16.1. The number of fused-ring (bicyclic) bond motifs is 6. The van der Waals surface area contributed by atoms with E-state index >= 15 is 0 Å². The largest absolute Gasteiger partial charge is 0.307 e. The van der Waals surface area contributed by atoms with Crippen LogP contribution >= 0.6 is 0 Å². The van der Waals surface area contributed by atoms with Gasteiger partial charge in [-0.2, -0.15) is 31.6 Å². The molecule has 8 nitrogen and oxygen atoms in total. The molecule has 0 unspecified atom stereocenters. The van der Waals surface area contributed by atoms with Crippen molar-refractivity contribution in [3.05, 3.63) is 240 Å². The molecule has 0 aliphatic heterocycles. The van der Waals surface area contributed by atoms with E-state index in [9.17, 15) is 31.6 Å². The lowest BCUT2D eigenvalue weighted by molar-refractivity contribution is 1.09. The summed E-state index contributed by atoms with van der Waals surface area (Å²) >= 11 is 0. The highest BCUT2D eigenvalue weighted by Crippen LogP contribution is 2.44. The standard InChI is InChI=1S/C66H34N8/c67-35-41-6-1-11-46(24-41)50-16-20-56-57-21-17-51(47-12-2-7-42(25-47)36-68)30-62(57)73(61(56)29-50)65-33-55(40-72)60(54-15-5-10-45(28-54)39-71)34-66(65)74-63-31-52(48-13-3-8-43(26-48)37-69)18-22-58(63)59-23-19-53(32-64(59)74)49-14-4-9-44(27-49)38-70/h1-34H. The van der Waals surface area contributed by atoms with E-state index in [1.807, 2.05) is 97.1 Å². The second kappa shape index (κ2) is 17.9. The van der Waals surface area contributed by atoms with Gasteiger partial charge in [0.05, 0.1) is 103 Å². The van der Waals surface area contributed by atoms with Crippen LogP contribution in [0.5, 0.6) is 0 Å². The van der Waals surface area contributed by atoms with Gasteiger partial charge in [-0.25, -0.2) is 0 Å². The maximum atomic E-state index is 11.3. The van der Waals surface area contributed by atoms with Crippen molar-refractivity contribution in [3.63, 3.8) is 0 Å². The van der Waals surface area contributed by atoms with Crippen LogP contribution in [-0.2, 0) is 0 Å². The topological polar surface area (TPSA) is 153 Å². The highest BCUT2D eigenvalue weighted by molar-refractivity contribution is 6.14. The Morgan fingerprint density at radius 2 is 0.514 bits per heavy atom. The molecule has 8 heteroatoms. The van der Waals surface area contributed by atoms with Crippen LogP contribution in [0.15, 0.2) is 206 Å². The first-order valence-electron chi connectivity index (χ1n) is 23.6. The van der Waals surface area contributed by atoms with E-state index in [0.29, 0.717) is 50.2 Å². The van der Waals surface area contributed by atoms with Crippen molar-refractivity contribution in [2.75, 3.05) is 0 Å². The average molecular weight is 939 g/mol. The first-order valence-corrected chi connectivity index (χ1v) is 23.6. The van der Waals surface area contributed by atoms with Crippen LogP contribution in [0.2, 0.25) is 0 Å². The van der Waals surface area contributed by atoms with Crippen molar-refractivity contribution in [3.8, 4) is 103 Å². The molecular formula is C66H34N8. The molecule has 2 aromatic heterocycles. The molecule has 12 rings (SSSR count). The van der Waals surface area contributed by atoms with E-state index in [2.05, 4.69) is 118 Å². The number of hydrogen-bond acceptors (Lipinski definition) is 6. The van der Waals surface area contributed by atoms with Gasteiger partial charge in [-0.05, 0) is 147 Å². The fourth-order valence-electron chi connectivity index (χ4n) is 10.4. The van der Waals surface area contributed by atoms with Gasteiger partial charge in [-0.1, -0.05) is 109 Å². The maximum Gasteiger partial charge on any atom is 0.0998 e. The second-order valence-corrected chi connectivity index (χ2v) is 18.1. The van der Waals surface area contributed by atoms with E-state index in [4.69, 9.17) is 0 Å². The van der Waals surface area contributed by atoms with Crippen LogP contribution in [0.25, 0.3) is 111 Å². The van der Waals surface area contributed by atoms with Gasteiger partial charge in [-0.3, -0.25) is 0 Å². The van der Waals surface area contributed by atoms with Crippen molar-refractivity contribution >= 4 is 43.6 Å². The SMILES string of the molecule is N#Cc1cccc(-c2ccc3c4ccc(-c5cccc(C#N)c5)cc4n(-c4cc(C#N)c(-c5cccc(C#N)c5)cc4-n4c5cc(-c6cccc(C#N)c6)ccc5c5ccc(-c6cccc(C#N)c6)cc54)c3c2)c1. The normalized spacial score (nSPS) is 10.9.